The summed E-state index contributed by atoms with van der Waals surface area (Å²) in [6, 6.07) is 0. The zero-order valence-electron chi connectivity index (χ0n) is 10.1. The van der Waals surface area contributed by atoms with Crippen molar-refractivity contribution in [1.82, 2.24) is 19.5 Å². The first kappa shape index (κ1) is 12.6. The van der Waals surface area contributed by atoms with Crippen LogP contribution in [-0.4, -0.2) is 37.1 Å². The van der Waals surface area contributed by atoms with Crippen LogP contribution in [0.5, 0.6) is 0 Å². The van der Waals surface area contributed by atoms with Gasteiger partial charge in [0.1, 0.15) is 24.2 Å². The fourth-order valence-corrected chi connectivity index (χ4v) is 2.56. The molecule has 1 saturated heterocycles. The first-order chi connectivity index (χ1) is 9.15. The highest BCUT2D eigenvalue weighted by Gasteiger charge is 2.34. The average molecular weight is 283 g/mol. The summed E-state index contributed by atoms with van der Waals surface area (Å²) in [4.78, 5) is 21.3. The summed E-state index contributed by atoms with van der Waals surface area (Å²) in [6.07, 6.45) is 2.91. The van der Waals surface area contributed by atoms with Gasteiger partial charge in [0.05, 0.1) is 18.6 Å². The van der Waals surface area contributed by atoms with Crippen LogP contribution in [0.2, 0.25) is 0 Å². The minimum atomic E-state index is -2.61. The lowest BCUT2D eigenvalue weighted by Crippen LogP contribution is -2.09. The molecule has 1 fully saturated rings. The normalized spacial score (nSPS) is 24.0. The van der Waals surface area contributed by atoms with Crippen LogP contribution in [0, 0.1) is 6.92 Å². The molecular formula is C10H12N4O4P+. The lowest BCUT2D eigenvalue weighted by Gasteiger charge is -2.10. The first-order valence-electron chi connectivity index (χ1n) is 5.74. The maximum atomic E-state index is 10.6. The molecule has 2 aromatic heterocycles. The lowest BCUT2D eigenvalue weighted by atomic mass is 10.3. The third kappa shape index (κ3) is 2.35. The van der Waals surface area contributed by atoms with Crippen LogP contribution in [0.3, 0.4) is 0 Å². The van der Waals surface area contributed by atoms with E-state index in [-0.39, 0.29) is 18.9 Å². The molecule has 3 atom stereocenters. The Labute approximate surface area is 109 Å². The number of aromatic nitrogens is 4. The van der Waals surface area contributed by atoms with Crippen molar-refractivity contribution in [3.8, 4) is 0 Å². The van der Waals surface area contributed by atoms with Crippen molar-refractivity contribution in [2.75, 3.05) is 6.61 Å². The highest BCUT2D eigenvalue weighted by atomic mass is 31.1. The number of aryl methyl sites for hydroxylation is 1. The van der Waals surface area contributed by atoms with E-state index in [2.05, 4.69) is 15.0 Å². The second-order valence-corrected chi connectivity index (χ2v) is 4.96. The molecule has 3 heterocycles. The van der Waals surface area contributed by atoms with E-state index in [1.54, 1.807) is 10.9 Å². The molecule has 1 aliphatic rings. The van der Waals surface area contributed by atoms with E-state index in [9.17, 15) is 4.57 Å². The van der Waals surface area contributed by atoms with Gasteiger partial charge >= 0.3 is 8.25 Å². The van der Waals surface area contributed by atoms with Crippen molar-refractivity contribution in [2.45, 2.75) is 25.7 Å². The van der Waals surface area contributed by atoms with Gasteiger partial charge in [0, 0.05) is 11.0 Å². The zero-order chi connectivity index (χ0) is 13.4. The monoisotopic (exact) mass is 283 g/mol. The van der Waals surface area contributed by atoms with Gasteiger partial charge in [-0.2, -0.15) is 0 Å². The van der Waals surface area contributed by atoms with Gasteiger partial charge in [-0.05, 0) is 6.92 Å². The Balaban J connectivity index is 1.86. The molecule has 1 unspecified atom stereocenters. The molecule has 2 aromatic rings. The highest BCUT2D eigenvalue weighted by molar-refractivity contribution is 7.32. The zero-order valence-corrected chi connectivity index (χ0v) is 11.0. The van der Waals surface area contributed by atoms with Crippen LogP contribution in [0.25, 0.3) is 11.2 Å². The Morgan fingerprint density at radius 1 is 1.53 bits per heavy atom. The molecule has 3 rings (SSSR count). The van der Waals surface area contributed by atoms with Crippen molar-refractivity contribution >= 4 is 19.4 Å². The van der Waals surface area contributed by atoms with Gasteiger partial charge in [-0.25, -0.2) is 15.0 Å². The van der Waals surface area contributed by atoms with Crippen LogP contribution in [0.4, 0.5) is 0 Å². The van der Waals surface area contributed by atoms with Gasteiger partial charge in [0.25, 0.3) is 0 Å². The predicted octanol–water partition coefficient (Wildman–Crippen LogP) is 1.09. The molecule has 0 aromatic carbocycles. The Hall–Kier alpha value is -1.47. The summed E-state index contributed by atoms with van der Waals surface area (Å²) in [5, 5.41) is 0. The number of nitrogens with zero attached hydrogens (tertiary/aromatic N) is 4. The number of ether oxygens (including phenoxy) is 1. The van der Waals surface area contributed by atoms with E-state index in [4.69, 9.17) is 14.2 Å². The Morgan fingerprint density at radius 2 is 2.37 bits per heavy atom. The molecule has 1 N–H and O–H groups in total. The van der Waals surface area contributed by atoms with Crippen LogP contribution >= 0.6 is 8.25 Å². The SMILES string of the molecule is Cc1ncnc2c1ncn2[C@H]1C[C@H](O[P+](=O)O)CO1. The molecule has 0 aliphatic carbocycles. The second-order valence-electron chi connectivity index (χ2n) is 4.27. The molecule has 0 spiro atoms. The fourth-order valence-electron chi connectivity index (χ4n) is 2.15. The van der Waals surface area contributed by atoms with Gasteiger partial charge in [0.2, 0.25) is 0 Å². The van der Waals surface area contributed by atoms with Crippen molar-refractivity contribution < 1.29 is 18.7 Å². The summed E-state index contributed by atoms with van der Waals surface area (Å²) < 4.78 is 22.8. The topological polar surface area (TPSA) is 99.4 Å². The smallest absolute Gasteiger partial charge is 0.355 e. The molecule has 0 amide bonds. The summed E-state index contributed by atoms with van der Waals surface area (Å²) in [6.45, 7) is 2.13. The van der Waals surface area contributed by atoms with Crippen molar-refractivity contribution in [3.63, 3.8) is 0 Å². The Bertz CT molecular complexity index is 631. The predicted molar refractivity (Wildman–Crippen MR) is 64.4 cm³/mol. The van der Waals surface area contributed by atoms with Crippen LogP contribution in [0.1, 0.15) is 18.3 Å². The molecule has 8 nitrogen and oxygen atoms in total. The summed E-state index contributed by atoms with van der Waals surface area (Å²) in [5.74, 6) is 0. The van der Waals surface area contributed by atoms with Gasteiger partial charge in [-0.3, -0.25) is 4.57 Å². The molecule has 9 heteroatoms. The van der Waals surface area contributed by atoms with Crippen LogP contribution in [0.15, 0.2) is 12.7 Å². The quantitative estimate of drug-likeness (QED) is 0.841. The second kappa shape index (κ2) is 4.90. The van der Waals surface area contributed by atoms with Crippen LogP contribution < -0.4 is 0 Å². The van der Waals surface area contributed by atoms with Gasteiger partial charge in [-0.1, -0.05) is 0 Å². The van der Waals surface area contributed by atoms with E-state index >= 15 is 0 Å². The fraction of sp³-hybridized carbons (Fsp3) is 0.500. The Morgan fingerprint density at radius 3 is 3.16 bits per heavy atom. The van der Waals surface area contributed by atoms with Gasteiger partial charge < -0.3 is 4.74 Å². The van der Waals surface area contributed by atoms with E-state index in [0.717, 1.165) is 11.2 Å². The van der Waals surface area contributed by atoms with Crippen molar-refractivity contribution in [3.05, 3.63) is 18.3 Å². The maximum Gasteiger partial charge on any atom is 0.695 e. The number of fused-ring (bicyclic) bond motifs is 1. The van der Waals surface area contributed by atoms with E-state index in [0.29, 0.717) is 12.1 Å². The minimum absolute atomic E-state index is 0.274. The van der Waals surface area contributed by atoms with Gasteiger partial charge in [0.15, 0.2) is 5.65 Å². The maximum absolute atomic E-state index is 10.6. The molecule has 0 saturated carbocycles. The molecule has 0 bridgehead atoms. The third-order valence-corrected chi connectivity index (χ3v) is 3.51. The summed E-state index contributed by atoms with van der Waals surface area (Å²) in [7, 11) is -2.61. The summed E-state index contributed by atoms with van der Waals surface area (Å²) in [5.41, 5.74) is 2.21. The highest BCUT2D eigenvalue weighted by Crippen LogP contribution is 2.32. The third-order valence-electron chi connectivity index (χ3n) is 3.03. The number of hydrogen-bond acceptors (Lipinski definition) is 6. The molecule has 100 valence electrons. The number of hydrogen-bond donors (Lipinski definition) is 1. The molecule has 0 radical (unpaired) electrons. The Kier molecular flexibility index (Phi) is 3.24. The van der Waals surface area contributed by atoms with E-state index in [1.165, 1.54) is 6.33 Å². The number of imidazole rings is 1. The minimum Gasteiger partial charge on any atom is -0.355 e. The standard InChI is InChI=1S/C10H11N4O4P/c1-6-9-10(12-4-11-6)14(5-13-9)8-2-7(3-17-8)18-19(15)16/h4-5,7-8H,2-3H2,1H3/p+1/t7-,8+/m0/s1. The molecule has 1 aliphatic heterocycles. The largest absolute Gasteiger partial charge is 0.695 e. The van der Waals surface area contributed by atoms with Crippen molar-refractivity contribution in [2.24, 2.45) is 0 Å². The lowest BCUT2D eigenvalue weighted by molar-refractivity contribution is 0.0520. The van der Waals surface area contributed by atoms with Gasteiger partial charge in [-0.15, -0.1) is 9.42 Å². The van der Waals surface area contributed by atoms with Crippen LogP contribution in [-0.2, 0) is 13.8 Å². The van der Waals surface area contributed by atoms with E-state index < -0.39 is 8.25 Å². The first-order valence-corrected chi connectivity index (χ1v) is 6.87. The van der Waals surface area contributed by atoms with E-state index in [1.807, 2.05) is 6.92 Å². The summed E-state index contributed by atoms with van der Waals surface area (Å²) >= 11 is 0. The molecule has 19 heavy (non-hydrogen) atoms. The van der Waals surface area contributed by atoms with Crippen molar-refractivity contribution in [1.29, 1.82) is 0 Å². The molecular weight excluding hydrogens is 271 g/mol. The average Bonchev–Trinajstić information content (AvgIpc) is 2.95. The number of rotatable bonds is 3.